The van der Waals surface area contributed by atoms with Crippen molar-refractivity contribution in [3.05, 3.63) is 83.5 Å². The van der Waals surface area contributed by atoms with Gasteiger partial charge in [-0.15, -0.1) is 0 Å². The number of nitrogens with zero attached hydrogens (tertiary/aromatic N) is 2. The topological polar surface area (TPSA) is 59.5 Å². The highest BCUT2D eigenvalue weighted by Crippen LogP contribution is 2.33. The maximum atomic E-state index is 13.3. The van der Waals surface area contributed by atoms with Crippen molar-refractivity contribution in [2.24, 2.45) is 0 Å². The van der Waals surface area contributed by atoms with E-state index in [9.17, 15) is 4.79 Å². The molecule has 0 atom stereocenters. The van der Waals surface area contributed by atoms with Crippen molar-refractivity contribution in [3.63, 3.8) is 0 Å². The average Bonchev–Trinajstić information content (AvgIpc) is 3.43. The summed E-state index contributed by atoms with van der Waals surface area (Å²) in [5.41, 5.74) is 1.45. The summed E-state index contributed by atoms with van der Waals surface area (Å²) in [5, 5.41) is 2.06. The van der Waals surface area contributed by atoms with Crippen molar-refractivity contribution in [2.75, 3.05) is 4.90 Å². The Hall–Kier alpha value is -3.09. The molecule has 7 heteroatoms. The Balaban J connectivity index is 1.59. The van der Waals surface area contributed by atoms with E-state index in [1.165, 1.54) is 11.3 Å². The largest absolute Gasteiger partial charge is 0.467 e. The lowest BCUT2D eigenvalue weighted by atomic mass is 10.2. The minimum atomic E-state index is -0.280. The maximum absolute atomic E-state index is 13.3. The summed E-state index contributed by atoms with van der Waals surface area (Å²) in [6, 6.07) is 18.3. The van der Waals surface area contributed by atoms with Gasteiger partial charge in [0, 0.05) is 10.4 Å². The van der Waals surface area contributed by atoms with Gasteiger partial charge in [0.1, 0.15) is 11.3 Å². The summed E-state index contributed by atoms with van der Waals surface area (Å²) in [5.74, 6) is 0.629. The molecule has 5 nitrogen and oxygen atoms in total. The lowest BCUT2D eigenvalue weighted by Gasteiger charge is -2.17. The molecule has 28 heavy (non-hydrogen) atoms. The number of carbonyl (C=O) groups excluding carboxylic acids is 1. The van der Waals surface area contributed by atoms with Gasteiger partial charge in [0.2, 0.25) is 0 Å². The van der Waals surface area contributed by atoms with Crippen LogP contribution in [0.4, 0.5) is 5.13 Å². The highest BCUT2D eigenvalue weighted by atomic mass is 35.5. The maximum Gasteiger partial charge on any atom is 0.296 e. The first-order valence-electron chi connectivity index (χ1n) is 8.56. The second-order valence-corrected chi connectivity index (χ2v) is 7.67. The molecule has 0 bridgehead atoms. The fourth-order valence-electron chi connectivity index (χ4n) is 3.01. The smallest absolute Gasteiger partial charge is 0.296 e. The Kier molecular flexibility index (Phi) is 4.15. The molecule has 0 fully saturated rings. The predicted octanol–water partition coefficient (Wildman–Crippen LogP) is 6.14. The van der Waals surface area contributed by atoms with E-state index in [0.29, 0.717) is 21.5 Å². The van der Waals surface area contributed by atoms with Crippen molar-refractivity contribution in [1.29, 1.82) is 0 Å². The third-order valence-corrected chi connectivity index (χ3v) is 5.62. The van der Waals surface area contributed by atoms with Crippen LogP contribution in [0.15, 0.2) is 75.8 Å². The lowest BCUT2D eigenvalue weighted by Crippen LogP contribution is -2.29. The first-order chi connectivity index (χ1) is 13.7. The van der Waals surface area contributed by atoms with Crippen molar-refractivity contribution >= 4 is 55.2 Å². The summed E-state index contributed by atoms with van der Waals surface area (Å²) in [4.78, 5) is 19.5. The Morgan fingerprint density at radius 1 is 1.11 bits per heavy atom. The number of aromatic nitrogens is 1. The Labute approximate surface area is 168 Å². The molecule has 0 aliphatic heterocycles. The molecule has 1 amide bonds. The van der Waals surface area contributed by atoms with Crippen LogP contribution < -0.4 is 4.90 Å². The van der Waals surface area contributed by atoms with Crippen LogP contribution in [-0.2, 0) is 6.54 Å². The molecule has 0 unspecified atom stereocenters. The monoisotopic (exact) mass is 408 g/mol. The number of thiazole rings is 1. The van der Waals surface area contributed by atoms with Gasteiger partial charge in [0.25, 0.3) is 5.91 Å². The van der Waals surface area contributed by atoms with E-state index in [1.54, 1.807) is 29.4 Å². The molecule has 3 aromatic heterocycles. The van der Waals surface area contributed by atoms with Gasteiger partial charge in [0.15, 0.2) is 10.9 Å². The number of halogens is 1. The predicted molar refractivity (Wildman–Crippen MR) is 110 cm³/mol. The van der Waals surface area contributed by atoms with Gasteiger partial charge in [-0.1, -0.05) is 41.1 Å². The summed E-state index contributed by atoms with van der Waals surface area (Å²) in [7, 11) is 0. The lowest BCUT2D eigenvalue weighted by molar-refractivity contribution is 0.0958. The molecule has 0 N–H and O–H groups in total. The van der Waals surface area contributed by atoms with E-state index in [0.717, 1.165) is 15.6 Å². The third kappa shape index (κ3) is 3.06. The quantitative estimate of drug-likeness (QED) is 0.358. The van der Waals surface area contributed by atoms with Crippen LogP contribution in [0.25, 0.3) is 21.2 Å². The number of hydrogen-bond acceptors (Lipinski definition) is 5. The molecule has 138 valence electrons. The van der Waals surface area contributed by atoms with Crippen LogP contribution in [0.2, 0.25) is 5.02 Å². The number of amides is 1. The summed E-state index contributed by atoms with van der Waals surface area (Å²) in [6.07, 6.45) is 1.58. The Morgan fingerprint density at radius 2 is 2.00 bits per heavy atom. The van der Waals surface area contributed by atoms with Crippen LogP contribution in [0.5, 0.6) is 0 Å². The molecular weight excluding hydrogens is 396 g/mol. The minimum Gasteiger partial charge on any atom is -0.467 e. The van der Waals surface area contributed by atoms with Crippen molar-refractivity contribution < 1.29 is 13.6 Å². The second kappa shape index (κ2) is 6.82. The highest BCUT2D eigenvalue weighted by Gasteiger charge is 2.25. The Morgan fingerprint density at radius 3 is 2.82 bits per heavy atom. The average molecular weight is 409 g/mol. The van der Waals surface area contributed by atoms with E-state index in [1.807, 2.05) is 42.5 Å². The fourth-order valence-corrected chi connectivity index (χ4v) is 4.25. The SMILES string of the molecule is O=C(c1cc2ccccc2o1)N(Cc1ccco1)c1nc2ccc(Cl)cc2s1. The molecule has 0 radical (unpaired) electrons. The fraction of sp³-hybridized carbons (Fsp3) is 0.0476. The molecular formula is C21H13ClN2O3S. The molecule has 3 heterocycles. The van der Waals surface area contributed by atoms with E-state index in [4.69, 9.17) is 20.4 Å². The molecule has 5 aromatic rings. The molecule has 0 saturated carbocycles. The highest BCUT2D eigenvalue weighted by molar-refractivity contribution is 7.22. The third-order valence-electron chi connectivity index (χ3n) is 4.35. The van der Waals surface area contributed by atoms with Crippen molar-refractivity contribution in [3.8, 4) is 0 Å². The van der Waals surface area contributed by atoms with Crippen LogP contribution in [0.1, 0.15) is 16.3 Å². The van der Waals surface area contributed by atoms with Crippen LogP contribution >= 0.6 is 22.9 Å². The zero-order valence-corrected chi connectivity index (χ0v) is 16.0. The zero-order valence-electron chi connectivity index (χ0n) is 14.5. The first-order valence-corrected chi connectivity index (χ1v) is 9.76. The van der Waals surface area contributed by atoms with Gasteiger partial charge in [-0.05, 0) is 42.5 Å². The van der Waals surface area contributed by atoms with E-state index in [-0.39, 0.29) is 18.2 Å². The standard InChI is InChI=1S/C21H13ClN2O3S/c22-14-7-8-16-19(11-14)28-21(23-16)24(12-15-5-3-9-26-15)20(25)18-10-13-4-1-2-6-17(13)27-18/h1-11H,12H2. The molecule has 0 aliphatic carbocycles. The zero-order chi connectivity index (χ0) is 19.1. The van der Waals surface area contributed by atoms with Crippen molar-refractivity contribution in [1.82, 2.24) is 4.98 Å². The molecule has 0 aliphatic rings. The van der Waals surface area contributed by atoms with Crippen molar-refractivity contribution in [2.45, 2.75) is 6.54 Å². The minimum absolute atomic E-state index is 0.246. The van der Waals surface area contributed by atoms with Gasteiger partial charge in [-0.3, -0.25) is 9.69 Å². The molecule has 5 rings (SSSR count). The number of fused-ring (bicyclic) bond motifs is 2. The van der Waals surface area contributed by atoms with Gasteiger partial charge in [-0.2, -0.15) is 0 Å². The van der Waals surface area contributed by atoms with Crippen LogP contribution in [0, 0.1) is 0 Å². The van der Waals surface area contributed by atoms with E-state index >= 15 is 0 Å². The van der Waals surface area contributed by atoms with Crippen LogP contribution in [0.3, 0.4) is 0 Å². The number of anilines is 1. The van der Waals surface area contributed by atoms with Gasteiger partial charge in [-0.25, -0.2) is 4.98 Å². The van der Waals surface area contributed by atoms with E-state index in [2.05, 4.69) is 4.98 Å². The van der Waals surface area contributed by atoms with Gasteiger partial charge in [0.05, 0.1) is 23.0 Å². The summed E-state index contributed by atoms with van der Waals surface area (Å²) in [6.45, 7) is 0.246. The van der Waals surface area contributed by atoms with Gasteiger partial charge >= 0.3 is 0 Å². The second-order valence-electron chi connectivity index (χ2n) is 6.23. The molecule has 0 saturated heterocycles. The van der Waals surface area contributed by atoms with Crippen LogP contribution in [-0.4, -0.2) is 10.9 Å². The normalized spacial score (nSPS) is 11.3. The Bertz CT molecular complexity index is 1260. The summed E-state index contributed by atoms with van der Waals surface area (Å²) < 4.78 is 12.1. The number of hydrogen-bond donors (Lipinski definition) is 0. The van der Waals surface area contributed by atoms with E-state index < -0.39 is 0 Å². The number of furan rings is 2. The molecule has 0 spiro atoms. The number of para-hydroxylation sites is 1. The first kappa shape index (κ1) is 17.0. The molecule has 2 aromatic carbocycles. The number of carbonyl (C=O) groups is 1. The number of rotatable bonds is 4. The van der Waals surface area contributed by atoms with Gasteiger partial charge < -0.3 is 8.83 Å². The number of benzene rings is 2. The summed E-state index contributed by atoms with van der Waals surface area (Å²) >= 11 is 7.49.